The van der Waals surface area contributed by atoms with Crippen LogP contribution in [0.15, 0.2) is 96.2 Å². The predicted octanol–water partition coefficient (Wildman–Crippen LogP) is 6.76. The van der Waals surface area contributed by atoms with Gasteiger partial charge >= 0.3 is 0 Å². The van der Waals surface area contributed by atoms with Crippen molar-refractivity contribution in [2.75, 3.05) is 22.6 Å². The van der Waals surface area contributed by atoms with Gasteiger partial charge in [-0.25, -0.2) is 18.1 Å². The Balaban J connectivity index is 0.916. The molecule has 1 aromatic heterocycles. The Morgan fingerprint density at radius 2 is 1.77 bits per heavy atom. The lowest BCUT2D eigenvalue weighted by molar-refractivity contribution is -0.125. The first-order valence-corrected chi connectivity index (χ1v) is 20.2. The van der Waals surface area contributed by atoms with E-state index in [-0.39, 0.29) is 29.2 Å². The molecule has 0 radical (unpaired) electrons. The monoisotopic (exact) mass is 780 g/mol. The van der Waals surface area contributed by atoms with E-state index in [2.05, 4.69) is 42.5 Å². The van der Waals surface area contributed by atoms with Crippen LogP contribution in [0.1, 0.15) is 81.6 Å². The Morgan fingerprint density at radius 1 is 0.982 bits per heavy atom. The van der Waals surface area contributed by atoms with Crippen molar-refractivity contribution in [2.24, 2.45) is 0 Å². The predicted molar refractivity (Wildman–Crippen MR) is 215 cm³/mol. The third-order valence-corrected chi connectivity index (χ3v) is 10.9. The van der Waals surface area contributed by atoms with Crippen LogP contribution in [0.4, 0.5) is 28.8 Å². The van der Waals surface area contributed by atoms with Crippen molar-refractivity contribution in [3.63, 3.8) is 0 Å². The van der Waals surface area contributed by atoms with Gasteiger partial charge in [0.15, 0.2) is 0 Å². The Labute approximate surface area is 327 Å². The molecular weight excluding hydrogens is 733 g/mol. The number of carbonyl (C=O) groups is 3. The molecule has 14 nitrogen and oxygen atoms in total. The lowest BCUT2D eigenvalue weighted by Crippen LogP contribution is -2.45. The van der Waals surface area contributed by atoms with Crippen LogP contribution < -0.4 is 30.7 Å². The summed E-state index contributed by atoms with van der Waals surface area (Å²) in [6.45, 7) is 10.00. The van der Waals surface area contributed by atoms with Crippen LogP contribution in [0.2, 0.25) is 0 Å². The molecule has 0 spiro atoms. The molecule has 1 atom stereocenters. The van der Waals surface area contributed by atoms with E-state index in [0.717, 1.165) is 30.5 Å². The summed E-state index contributed by atoms with van der Waals surface area (Å²) in [6.07, 6.45) is 6.19. The second kappa shape index (κ2) is 17.3. The van der Waals surface area contributed by atoms with Gasteiger partial charge in [0.05, 0.1) is 11.5 Å². The second-order valence-electron chi connectivity index (χ2n) is 14.9. The molecule has 6 rings (SSSR count). The van der Waals surface area contributed by atoms with Crippen molar-refractivity contribution in [1.82, 2.24) is 24.9 Å². The summed E-state index contributed by atoms with van der Waals surface area (Å²) in [5.74, 6) is 0.997. The molecule has 0 unspecified atom stereocenters. The number of sulfonamides is 1. The molecule has 5 N–H and O–H groups in total. The fraction of sp³-hybridized carbons (Fsp3) is 0.341. The summed E-state index contributed by atoms with van der Waals surface area (Å²) in [5, 5.41) is 12.1. The van der Waals surface area contributed by atoms with Gasteiger partial charge in [-0.15, -0.1) is 0 Å². The molecule has 3 amide bonds. The van der Waals surface area contributed by atoms with Gasteiger partial charge in [0.1, 0.15) is 17.6 Å². The smallest absolute Gasteiger partial charge is 0.255 e. The van der Waals surface area contributed by atoms with Gasteiger partial charge < -0.3 is 30.9 Å². The SMILES string of the molecule is C=C1CCC[C@H](N2Cc3c(NC(=O)CCCCCOc4ccc(Nc5nccc(Nc6cccc(S(=O)(=O)NC(C)(C)C)c6)n5)cc4)cccc3C2=O)C(=O)N1. The highest BCUT2D eigenvalue weighted by atomic mass is 32.2. The summed E-state index contributed by atoms with van der Waals surface area (Å²) >= 11 is 0. The van der Waals surface area contributed by atoms with Crippen LogP contribution in [0.3, 0.4) is 0 Å². The lowest BCUT2D eigenvalue weighted by atomic mass is 10.1. The van der Waals surface area contributed by atoms with Crippen LogP contribution in [0.5, 0.6) is 5.75 Å². The average Bonchev–Trinajstić information content (AvgIpc) is 3.37. The molecule has 0 bridgehead atoms. The average molecular weight is 781 g/mol. The lowest BCUT2D eigenvalue weighted by Gasteiger charge is -2.25. The molecule has 0 aliphatic carbocycles. The number of fused-ring (bicyclic) bond motifs is 1. The number of unbranched alkanes of at least 4 members (excludes halogenated alkanes) is 2. The molecule has 2 aliphatic heterocycles. The number of anilines is 5. The summed E-state index contributed by atoms with van der Waals surface area (Å²) in [7, 11) is -3.70. The number of hydrogen-bond donors (Lipinski definition) is 5. The summed E-state index contributed by atoms with van der Waals surface area (Å²) in [6, 6.07) is 20.3. The number of nitrogens with one attached hydrogen (secondary N) is 5. The fourth-order valence-electron chi connectivity index (χ4n) is 6.55. The first-order valence-electron chi connectivity index (χ1n) is 18.7. The normalized spacial score (nSPS) is 15.8. The fourth-order valence-corrected chi connectivity index (χ4v) is 8.01. The summed E-state index contributed by atoms with van der Waals surface area (Å²) < 4.78 is 34.1. The van der Waals surface area contributed by atoms with E-state index in [1.54, 1.807) is 80.4 Å². The molecule has 4 aromatic rings. The summed E-state index contributed by atoms with van der Waals surface area (Å²) in [5.41, 5.74) is 3.22. The zero-order valence-corrected chi connectivity index (χ0v) is 32.7. The van der Waals surface area contributed by atoms with Gasteiger partial charge in [-0.3, -0.25) is 14.4 Å². The Morgan fingerprint density at radius 3 is 2.55 bits per heavy atom. The quantitative estimate of drug-likeness (QED) is 0.0809. The number of carbonyl (C=O) groups excluding carboxylic acids is 3. The molecular formula is C41H48N8O6S. The first kappa shape index (κ1) is 39.9. The minimum Gasteiger partial charge on any atom is -0.494 e. The van der Waals surface area contributed by atoms with Gasteiger partial charge in [0.2, 0.25) is 27.8 Å². The number of nitrogens with zero attached hydrogens (tertiary/aromatic N) is 3. The zero-order chi connectivity index (χ0) is 39.9. The van der Waals surface area contributed by atoms with E-state index in [0.29, 0.717) is 72.4 Å². The molecule has 2 aliphatic rings. The maximum absolute atomic E-state index is 13.2. The summed E-state index contributed by atoms with van der Waals surface area (Å²) in [4.78, 5) is 49.4. The van der Waals surface area contributed by atoms with Crippen molar-refractivity contribution in [2.45, 2.75) is 88.7 Å². The number of rotatable bonds is 15. The van der Waals surface area contributed by atoms with E-state index < -0.39 is 21.6 Å². The van der Waals surface area contributed by atoms with E-state index >= 15 is 0 Å². The number of benzene rings is 3. The molecule has 15 heteroatoms. The van der Waals surface area contributed by atoms with Gasteiger partial charge in [0.25, 0.3) is 5.91 Å². The maximum Gasteiger partial charge on any atom is 0.255 e. The van der Waals surface area contributed by atoms with E-state index in [4.69, 9.17) is 4.74 Å². The minimum absolute atomic E-state index is 0.129. The van der Waals surface area contributed by atoms with Crippen LogP contribution in [-0.2, 0) is 26.2 Å². The maximum atomic E-state index is 13.2. The molecule has 56 heavy (non-hydrogen) atoms. The highest BCUT2D eigenvalue weighted by Crippen LogP contribution is 2.33. The minimum atomic E-state index is -3.70. The number of allylic oxidation sites excluding steroid dienone is 1. The largest absolute Gasteiger partial charge is 0.494 e. The Hall–Kier alpha value is -5.80. The van der Waals surface area contributed by atoms with Crippen LogP contribution >= 0.6 is 0 Å². The highest BCUT2D eigenvalue weighted by Gasteiger charge is 2.38. The molecule has 3 heterocycles. The third-order valence-electron chi connectivity index (χ3n) is 9.15. The highest BCUT2D eigenvalue weighted by molar-refractivity contribution is 7.89. The molecule has 1 fully saturated rings. The van der Waals surface area contributed by atoms with Crippen molar-refractivity contribution < 1.29 is 27.5 Å². The van der Waals surface area contributed by atoms with Crippen molar-refractivity contribution in [1.29, 1.82) is 0 Å². The van der Waals surface area contributed by atoms with E-state index in [1.165, 1.54) is 0 Å². The van der Waals surface area contributed by atoms with Crippen molar-refractivity contribution in [3.05, 3.63) is 102 Å². The van der Waals surface area contributed by atoms with Crippen molar-refractivity contribution >= 4 is 56.6 Å². The molecule has 3 aromatic carbocycles. The van der Waals surface area contributed by atoms with Gasteiger partial charge in [-0.1, -0.05) is 18.7 Å². The third kappa shape index (κ3) is 10.5. The Kier molecular flexibility index (Phi) is 12.3. The standard InChI is InChI=1S/C41H48N8O6S/c1-27-11-8-16-35(38(51)43-27)49-26-33-32(39(49)52)14-10-15-34(33)46-37(50)17-6-5-7-24-55-30-20-18-28(19-21-30)45-40-42-23-22-36(47-40)44-29-12-9-13-31(25-29)56(53,54)48-41(2,3)4/h9-10,12-15,18-23,25,35,48H,1,5-8,11,16-17,24,26H2,2-4H3,(H,43,51)(H,46,50)(H2,42,44,45,47)/t35-/m0/s1. The molecule has 1 saturated heterocycles. The van der Waals surface area contributed by atoms with Gasteiger partial charge in [-0.2, -0.15) is 4.98 Å². The Bertz CT molecular complexity index is 2200. The van der Waals surface area contributed by atoms with E-state index in [9.17, 15) is 22.8 Å². The van der Waals surface area contributed by atoms with Crippen molar-refractivity contribution in [3.8, 4) is 5.75 Å². The zero-order valence-electron chi connectivity index (χ0n) is 31.9. The van der Waals surface area contributed by atoms with Crippen LogP contribution in [-0.4, -0.2) is 59.2 Å². The topological polar surface area (TPSA) is 184 Å². The van der Waals surface area contributed by atoms with Crippen LogP contribution in [0, 0.1) is 0 Å². The molecule has 0 saturated carbocycles. The van der Waals surface area contributed by atoms with E-state index in [1.807, 2.05) is 24.3 Å². The number of ether oxygens (including phenoxy) is 1. The van der Waals surface area contributed by atoms with Gasteiger partial charge in [-0.05, 0) is 120 Å². The second-order valence-corrected chi connectivity index (χ2v) is 16.6. The number of hydrogen-bond acceptors (Lipinski definition) is 10. The number of amides is 3. The van der Waals surface area contributed by atoms with Gasteiger partial charge in [0, 0.05) is 58.6 Å². The number of aromatic nitrogens is 2. The van der Waals surface area contributed by atoms with Crippen LogP contribution in [0.25, 0.3) is 0 Å². The first-order chi connectivity index (χ1) is 26.7. The molecule has 294 valence electrons.